The van der Waals surface area contributed by atoms with Crippen LogP contribution in [0.2, 0.25) is 0 Å². The van der Waals surface area contributed by atoms with Gasteiger partial charge in [-0.05, 0) is 81.6 Å². The van der Waals surface area contributed by atoms with Gasteiger partial charge in [0.25, 0.3) is 0 Å². The van der Waals surface area contributed by atoms with Crippen LogP contribution in [-0.4, -0.2) is 14.4 Å². The van der Waals surface area contributed by atoms with Crippen molar-refractivity contribution in [2.45, 2.75) is 0 Å². The zero-order valence-electron chi connectivity index (χ0n) is 24.5. The third kappa shape index (κ3) is 3.26. The van der Waals surface area contributed by atoms with Crippen molar-refractivity contribution in [1.82, 2.24) is 14.4 Å². The molecule has 0 aliphatic rings. The van der Waals surface area contributed by atoms with Crippen LogP contribution in [0.3, 0.4) is 0 Å². The normalized spacial score (nSPS) is 12.3. The molecule has 7 aromatic carbocycles. The molecule has 0 fully saturated rings. The quantitative estimate of drug-likeness (QED) is 0.197. The Hall–Kier alpha value is -5.84. The van der Waals surface area contributed by atoms with E-state index in [1.165, 1.54) is 63.9 Å². The van der Waals surface area contributed by atoms with Crippen molar-refractivity contribution in [2.24, 2.45) is 0 Å². The molecule has 0 N–H and O–H groups in total. The van der Waals surface area contributed by atoms with Gasteiger partial charge in [0, 0.05) is 36.3 Å². The maximum atomic E-state index is 5.33. The minimum Gasteiger partial charge on any atom is -0.291 e. The van der Waals surface area contributed by atoms with Crippen molar-refractivity contribution >= 4 is 91.7 Å². The number of hydrogen-bond acceptors (Lipinski definition) is 3. The van der Waals surface area contributed by atoms with Gasteiger partial charge in [-0.15, -0.1) is 11.3 Å². The molecule has 0 atom stereocenters. The van der Waals surface area contributed by atoms with Crippen LogP contribution >= 0.6 is 11.3 Å². The molecular weight excluding hydrogens is 579 g/mol. The van der Waals surface area contributed by atoms with E-state index in [9.17, 15) is 0 Å². The summed E-state index contributed by atoms with van der Waals surface area (Å²) >= 11 is 1.86. The van der Waals surface area contributed by atoms with Crippen molar-refractivity contribution in [1.29, 1.82) is 0 Å². The van der Waals surface area contributed by atoms with Crippen LogP contribution < -0.4 is 0 Å². The van der Waals surface area contributed by atoms with Crippen molar-refractivity contribution in [2.75, 3.05) is 0 Å². The Kier molecular flexibility index (Phi) is 4.72. The molecule has 11 aromatic rings. The maximum absolute atomic E-state index is 5.33. The molecule has 46 heavy (non-hydrogen) atoms. The Bertz CT molecular complexity index is 3020. The van der Waals surface area contributed by atoms with E-state index in [2.05, 4.69) is 144 Å². The van der Waals surface area contributed by atoms with E-state index in [4.69, 9.17) is 9.97 Å². The number of hydrogen-bond donors (Lipinski definition) is 0. The van der Waals surface area contributed by atoms with Gasteiger partial charge in [0.2, 0.25) is 0 Å². The summed E-state index contributed by atoms with van der Waals surface area (Å²) in [7, 11) is 0. The molecule has 0 spiro atoms. The zero-order chi connectivity index (χ0) is 29.9. The molecule has 0 unspecified atom stereocenters. The summed E-state index contributed by atoms with van der Waals surface area (Å²) in [5, 5.41) is 8.77. The lowest BCUT2D eigenvalue weighted by molar-refractivity contribution is 1.28. The largest absolute Gasteiger partial charge is 0.291 e. The summed E-state index contributed by atoms with van der Waals surface area (Å²) in [5.74, 6) is 0. The highest BCUT2D eigenvalue weighted by atomic mass is 32.1. The first-order valence-electron chi connectivity index (χ1n) is 15.6. The molecular formula is C42H23N3S. The molecule has 0 aliphatic heterocycles. The summed E-state index contributed by atoms with van der Waals surface area (Å²) in [6.45, 7) is 0. The molecule has 4 heterocycles. The van der Waals surface area contributed by atoms with Gasteiger partial charge in [0.05, 0.1) is 22.1 Å². The predicted molar refractivity (Wildman–Crippen MR) is 195 cm³/mol. The smallest absolute Gasteiger partial charge is 0.165 e. The Balaban J connectivity index is 1.22. The molecule has 4 aromatic heterocycles. The molecule has 11 rings (SSSR count). The van der Waals surface area contributed by atoms with E-state index in [-0.39, 0.29) is 0 Å². The molecule has 0 radical (unpaired) electrons. The van der Waals surface area contributed by atoms with Crippen LogP contribution in [0.1, 0.15) is 0 Å². The van der Waals surface area contributed by atoms with E-state index < -0.39 is 0 Å². The lowest BCUT2D eigenvalue weighted by Gasteiger charge is -2.06. The molecule has 0 saturated heterocycles. The topological polar surface area (TPSA) is 30.2 Å². The standard InChI is InChI=1S/C42H23N3S/c1-2-8-24(9-3-1)27-14-17-34-35(23-27)44-42-40(43-34)33-22-28-10-4-5-11-29(28)39-32-21-25(15-18-36(32)45(42)41(33)39)26-16-19-38-31(20-26)30-12-6-7-13-37(30)46-38/h1-23H. The second-order valence-electron chi connectivity index (χ2n) is 12.2. The van der Waals surface area contributed by atoms with E-state index in [0.717, 1.165) is 38.7 Å². The first kappa shape index (κ1) is 24.5. The second kappa shape index (κ2) is 8.87. The maximum Gasteiger partial charge on any atom is 0.165 e. The average molecular weight is 602 g/mol. The van der Waals surface area contributed by atoms with Gasteiger partial charge in [0.15, 0.2) is 5.65 Å². The summed E-state index contributed by atoms with van der Waals surface area (Å²) in [6.07, 6.45) is 0. The van der Waals surface area contributed by atoms with Gasteiger partial charge in [-0.2, -0.15) is 0 Å². The molecule has 212 valence electrons. The molecule has 0 saturated carbocycles. The fourth-order valence-corrected chi connectivity index (χ4v) is 8.66. The fourth-order valence-electron chi connectivity index (χ4n) is 7.57. The van der Waals surface area contributed by atoms with Gasteiger partial charge in [0.1, 0.15) is 5.52 Å². The van der Waals surface area contributed by atoms with Crippen molar-refractivity contribution in [3.8, 4) is 22.3 Å². The Labute approximate surface area is 266 Å². The van der Waals surface area contributed by atoms with E-state index >= 15 is 0 Å². The number of aromatic nitrogens is 3. The number of rotatable bonds is 2. The SMILES string of the molecule is c1ccc(-c2ccc3nc4c5cc6ccccc6c6c7cc(-c8ccc9sc%10ccccc%10c9c8)ccc7n(c4nc3c2)c56)cc1. The average Bonchev–Trinajstić information content (AvgIpc) is 3.76. The van der Waals surface area contributed by atoms with Gasteiger partial charge >= 0.3 is 0 Å². The fraction of sp³-hybridized carbons (Fsp3) is 0. The lowest BCUT2D eigenvalue weighted by Crippen LogP contribution is -1.90. The number of thiophene rings is 1. The van der Waals surface area contributed by atoms with E-state index in [1.54, 1.807) is 0 Å². The van der Waals surface area contributed by atoms with Crippen LogP contribution in [0, 0.1) is 0 Å². The van der Waals surface area contributed by atoms with E-state index in [1.807, 2.05) is 11.3 Å². The van der Waals surface area contributed by atoms with Gasteiger partial charge in [-0.1, -0.05) is 91.0 Å². The summed E-state index contributed by atoms with van der Waals surface area (Å²) in [4.78, 5) is 10.6. The third-order valence-corrected chi connectivity index (χ3v) is 10.8. The monoisotopic (exact) mass is 601 g/mol. The number of benzene rings is 7. The van der Waals surface area contributed by atoms with Crippen LogP contribution in [0.5, 0.6) is 0 Å². The molecule has 0 aliphatic carbocycles. The van der Waals surface area contributed by atoms with E-state index in [0.29, 0.717) is 0 Å². The summed E-state index contributed by atoms with van der Waals surface area (Å²) in [6, 6.07) is 50.5. The van der Waals surface area contributed by atoms with Crippen molar-refractivity contribution in [3.05, 3.63) is 140 Å². The highest BCUT2D eigenvalue weighted by Gasteiger charge is 2.22. The summed E-state index contributed by atoms with van der Waals surface area (Å²) in [5.41, 5.74) is 10.8. The van der Waals surface area contributed by atoms with Crippen LogP contribution in [-0.2, 0) is 0 Å². The Morgan fingerprint density at radius 2 is 1.17 bits per heavy atom. The Morgan fingerprint density at radius 1 is 0.457 bits per heavy atom. The van der Waals surface area contributed by atoms with Crippen molar-refractivity contribution in [3.63, 3.8) is 0 Å². The minimum absolute atomic E-state index is 0.903. The first-order valence-corrected chi connectivity index (χ1v) is 16.4. The molecule has 3 nitrogen and oxygen atoms in total. The lowest BCUT2D eigenvalue weighted by atomic mass is 9.98. The first-order chi connectivity index (χ1) is 22.8. The van der Waals surface area contributed by atoms with Gasteiger partial charge < -0.3 is 0 Å². The molecule has 4 heteroatoms. The van der Waals surface area contributed by atoms with Crippen LogP contribution in [0.25, 0.3) is 103 Å². The number of nitrogens with zero attached hydrogens (tertiary/aromatic N) is 3. The number of fused-ring (bicyclic) bond motifs is 12. The molecule has 0 amide bonds. The zero-order valence-corrected chi connectivity index (χ0v) is 25.3. The second-order valence-corrected chi connectivity index (χ2v) is 13.3. The minimum atomic E-state index is 0.903. The third-order valence-electron chi connectivity index (χ3n) is 9.68. The highest BCUT2D eigenvalue weighted by molar-refractivity contribution is 7.25. The Morgan fingerprint density at radius 3 is 2.09 bits per heavy atom. The highest BCUT2D eigenvalue weighted by Crippen LogP contribution is 2.44. The van der Waals surface area contributed by atoms with Crippen molar-refractivity contribution < 1.29 is 0 Å². The van der Waals surface area contributed by atoms with Gasteiger partial charge in [-0.3, -0.25) is 4.40 Å². The van der Waals surface area contributed by atoms with Gasteiger partial charge in [-0.25, -0.2) is 9.97 Å². The predicted octanol–water partition coefficient (Wildman–Crippen LogP) is 11.6. The van der Waals surface area contributed by atoms with Crippen LogP contribution in [0.15, 0.2) is 140 Å². The summed E-state index contributed by atoms with van der Waals surface area (Å²) < 4.78 is 5.01. The van der Waals surface area contributed by atoms with Crippen LogP contribution in [0.4, 0.5) is 0 Å². The molecule has 0 bridgehead atoms.